The summed E-state index contributed by atoms with van der Waals surface area (Å²) < 4.78 is 5.52. The monoisotopic (exact) mass is 380 g/mol. The number of hydrogen-bond donors (Lipinski definition) is 1. The molecule has 28 heavy (non-hydrogen) atoms. The van der Waals surface area contributed by atoms with Gasteiger partial charge < -0.3 is 15.0 Å². The van der Waals surface area contributed by atoms with Gasteiger partial charge >= 0.3 is 6.09 Å². The number of amides is 1. The Morgan fingerprint density at radius 3 is 2.61 bits per heavy atom. The molecule has 1 N–H and O–H groups in total. The van der Waals surface area contributed by atoms with E-state index in [9.17, 15) is 4.79 Å². The van der Waals surface area contributed by atoms with Gasteiger partial charge in [0.15, 0.2) is 0 Å². The van der Waals surface area contributed by atoms with Crippen LogP contribution in [0.1, 0.15) is 43.0 Å². The minimum absolute atomic E-state index is 0.257. The summed E-state index contributed by atoms with van der Waals surface area (Å²) in [5, 5.41) is 3.42. The number of nitrogens with one attached hydrogen (secondary N) is 1. The summed E-state index contributed by atoms with van der Waals surface area (Å²) in [6, 6.07) is 8.54. The van der Waals surface area contributed by atoms with Crippen molar-refractivity contribution < 1.29 is 9.53 Å². The number of carbonyl (C=O) groups is 1. The summed E-state index contributed by atoms with van der Waals surface area (Å²) in [7, 11) is 2.13. The van der Waals surface area contributed by atoms with Gasteiger partial charge in [0.25, 0.3) is 0 Å². The lowest BCUT2D eigenvalue weighted by atomic mass is 10.0. The SMILES string of the molecule is CN1Cc2ccc(Nc3cc4c(cn3)CCN(C(=O)OC(C)(C)C)C4)cc2C1. The number of pyridine rings is 1. The average molecular weight is 380 g/mol. The van der Waals surface area contributed by atoms with Crippen LogP contribution in [0.5, 0.6) is 0 Å². The minimum Gasteiger partial charge on any atom is -0.444 e. The quantitative estimate of drug-likeness (QED) is 0.851. The molecule has 0 saturated carbocycles. The van der Waals surface area contributed by atoms with Crippen LogP contribution in [0.4, 0.5) is 16.3 Å². The minimum atomic E-state index is -0.482. The fourth-order valence-corrected chi connectivity index (χ4v) is 3.78. The van der Waals surface area contributed by atoms with Crippen LogP contribution in [0.3, 0.4) is 0 Å². The van der Waals surface area contributed by atoms with Crippen molar-refractivity contribution in [2.45, 2.75) is 52.4 Å². The molecule has 1 aromatic carbocycles. The number of aromatic nitrogens is 1. The van der Waals surface area contributed by atoms with Crippen molar-refractivity contribution in [1.29, 1.82) is 0 Å². The zero-order valence-electron chi connectivity index (χ0n) is 17.1. The molecule has 0 spiro atoms. The predicted molar refractivity (Wildman–Crippen MR) is 109 cm³/mol. The molecule has 148 valence electrons. The molecule has 1 amide bonds. The van der Waals surface area contributed by atoms with Crippen LogP contribution in [-0.2, 0) is 30.8 Å². The maximum absolute atomic E-state index is 12.4. The first-order chi connectivity index (χ1) is 13.3. The number of hydrogen-bond acceptors (Lipinski definition) is 5. The topological polar surface area (TPSA) is 57.7 Å². The van der Waals surface area contributed by atoms with Gasteiger partial charge in [-0.1, -0.05) is 6.07 Å². The maximum Gasteiger partial charge on any atom is 0.410 e. The standard InChI is InChI=1S/C22H28N4O2/c1-22(2,3)28-21(27)26-8-7-15-11-23-20(10-18(15)14-26)24-19-6-5-16-12-25(4)13-17(16)9-19/h5-6,9-11H,7-8,12-14H2,1-4H3,(H,23,24). The van der Waals surface area contributed by atoms with Crippen LogP contribution >= 0.6 is 0 Å². The van der Waals surface area contributed by atoms with Gasteiger partial charge in [-0.3, -0.25) is 4.90 Å². The van der Waals surface area contributed by atoms with Gasteiger partial charge in [-0.05, 0) is 74.7 Å². The van der Waals surface area contributed by atoms with Crippen molar-refractivity contribution in [3.63, 3.8) is 0 Å². The lowest BCUT2D eigenvalue weighted by Gasteiger charge is -2.31. The second kappa shape index (κ2) is 7.09. The first-order valence-electron chi connectivity index (χ1n) is 9.80. The van der Waals surface area contributed by atoms with E-state index in [4.69, 9.17) is 4.74 Å². The Balaban J connectivity index is 1.48. The molecule has 2 aliphatic rings. The van der Waals surface area contributed by atoms with E-state index in [1.54, 1.807) is 4.90 Å². The van der Waals surface area contributed by atoms with Crippen molar-refractivity contribution >= 4 is 17.6 Å². The number of anilines is 2. The molecule has 3 heterocycles. The first-order valence-corrected chi connectivity index (χ1v) is 9.80. The molecule has 6 nitrogen and oxygen atoms in total. The van der Waals surface area contributed by atoms with Gasteiger partial charge in [-0.15, -0.1) is 0 Å². The van der Waals surface area contributed by atoms with Gasteiger partial charge in [-0.2, -0.15) is 0 Å². The Hall–Kier alpha value is -2.60. The van der Waals surface area contributed by atoms with E-state index in [0.29, 0.717) is 13.1 Å². The van der Waals surface area contributed by atoms with Crippen molar-refractivity contribution in [2.24, 2.45) is 0 Å². The Kier molecular flexibility index (Phi) is 4.75. The van der Waals surface area contributed by atoms with E-state index in [1.807, 2.05) is 33.0 Å². The molecule has 0 bridgehead atoms. The molecule has 0 saturated heterocycles. The van der Waals surface area contributed by atoms with Gasteiger partial charge in [-0.25, -0.2) is 9.78 Å². The predicted octanol–water partition coefficient (Wildman–Crippen LogP) is 4.06. The molecular formula is C22H28N4O2. The first kappa shape index (κ1) is 18.7. The van der Waals surface area contributed by atoms with Gasteiger partial charge in [0.1, 0.15) is 11.4 Å². The summed E-state index contributed by atoms with van der Waals surface area (Å²) in [6.07, 6.45) is 2.46. The van der Waals surface area contributed by atoms with Crippen LogP contribution in [0.25, 0.3) is 0 Å². The van der Waals surface area contributed by atoms with E-state index in [2.05, 4.69) is 40.4 Å². The van der Waals surface area contributed by atoms with E-state index in [-0.39, 0.29) is 6.09 Å². The number of benzene rings is 1. The van der Waals surface area contributed by atoms with Crippen molar-refractivity contribution in [3.05, 3.63) is 52.7 Å². The Bertz CT molecular complexity index is 904. The van der Waals surface area contributed by atoms with Crippen LogP contribution < -0.4 is 5.32 Å². The summed E-state index contributed by atoms with van der Waals surface area (Å²) in [4.78, 5) is 21.0. The number of nitrogens with zero attached hydrogens (tertiary/aromatic N) is 3. The molecule has 0 radical (unpaired) electrons. The lowest BCUT2D eigenvalue weighted by Crippen LogP contribution is -2.39. The molecule has 1 aromatic heterocycles. The van der Waals surface area contributed by atoms with Crippen molar-refractivity contribution in [2.75, 3.05) is 18.9 Å². The normalized spacial score (nSPS) is 16.5. The molecule has 0 fully saturated rings. The van der Waals surface area contributed by atoms with Crippen molar-refractivity contribution in [3.8, 4) is 0 Å². The Morgan fingerprint density at radius 1 is 1.07 bits per heavy atom. The van der Waals surface area contributed by atoms with E-state index < -0.39 is 5.60 Å². The van der Waals surface area contributed by atoms with E-state index in [0.717, 1.165) is 36.6 Å². The number of fused-ring (bicyclic) bond motifs is 2. The third-order valence-electron chi connectivity index (χ3n) is 5.11. The Labute approximate surface area is 166 Å². The van der Waals surface area contributed by atoms with Crippen LogP contribution in [0, 0.1) is 0 Å². The van der Waals surface area contributed by atoms with Crippen LogP contribution in [-0.4, -0.2) is 40.1 Å². The fourth-order valence-electron chi connectivity index (χ4n) is 3.78. The second-order valence-corrected chi connectivity index (χ2v) is 8.77. The highest BCUT2D eigenvalue weighted by atomic mass is 16.6. The third-order valence-corrected chi connectivity index (χ3v) is 5.11. The summed E-state index contributed by atoms with van der Waals surface area (Å²) in [5.41, 5.74) is 5.63. The molecular weight excluding hydrogens is 352 g/mol. The third kappa shape index (κ3) is 4.12. The highest BCUT2D eigenvalue weighted by molar-refractivity contribution is 5.69. The van der Waals surface area contributed by atoms with E-state index in [1.165, 1.54) is 16.7 Å². The molecule has 4 rings (SSSR count). The van der Waals surface area contributed by atoms with Crippen molar-refractivity contribution in [1.82, 2.24) is 14.8 Å². The Morgan fingerprint density at radius 2 is 1.82 bits per heavy atom. The fraction of sp³-hybridized carbons (Fsp3) is 0.455. The smallest absolute Gasteiger partial charge is 0.410 e. The zero-order valence-corrected chi connectivity index (χ0v) is 17.1. The van der Waals surface area contributed by atoms with Gasteiger partial charge in [0.05, 0.1) is 0 Å². The molecule has 0 unspecified atom stereocenters. The lowest BCUT2D eigenvalue weighted by molar-refractivity contribution is 0.0224. The summed E-state index contributed by atoms with van der Waals surface area (Å²) in [5.74, 6) is 0.802. The zero-order chi connectivity index (χ0) is 19.9. The number of rotatable bonds is 2. The number of carbonyl (C=O) groups excluding carboxylic acids is 1. The molecule has 0 aliphatic carbocycles. The van der Waals surface area contributed by atoms with Crippen LogP contribution in [0.2, 0.25) is 0 Å². The molecule has 0 atom stereocenters. The highest BCUT2D eigenvalue weighted by Crippen LogP contribution is 2.27. The largest absolute Gasteiger partial charge is 0.444 e. The summed E-state index contributed by atoms with van der Waals surface area (Å²) >= 11 is 0. The number of ether oxygens (including phenoxy) is 1. The summed E-state index contributed by atoms with van der Waals surface area (Å²) in [6.45, 7) is 8.88. The average Bonchev–Trinajstić information content (AvgIpc) is 2.99. The maximum atomic E-state index is 12.4. The molecule has 2 aliphatic heterocycles. The highest BCUT2D eigenvalue weighted by Gasteiger charge is 2.26. The molecule has 6 heteroatoms. The molecule has 2 aromatic rings. The van der Waals surface area contributed by atoms with Gasteiger partial charge in [0, 0.05) is 38.1 Å². The van der Waals surface area contributed by atoms with Crippen LogP contribution in [0.15, 0.2) is 30.5 Å². The van der Waals surface area contributed by atoms with Gasteiger partial charge in [0.2, 0.25) is 0 Å². The second-order valence-electron chi connectivity index (χ2n) is 8.77. The van der Waals surface area contributed by atoms with E-state index >= 15 is 0 Å².